The van der Waals surface area contributed by atoms with Crippen molar-refractivity contribution in [3.63, 3.8) is 0 Å². The summed E-state index contributed by atoms with van der Waals surface area (Å²) in [5, 5.41) is 4.00. The van der Waals surface area contributed by atoms with Gasteiger partial charge in [0.1, 0.15) is 0 Å². The lowest BCUT2D eigenvalue weighted by Crippen LogP contribution is -2.10. The highest BCUT2D eigenvalue weighted by Crippen LogP contribution is 2.27. The van der Waals surface area contributed by atoms with Crippen molar-refractivity contribution >= 4 is 21.6 Å². The molecule has 0 atom stereocenters. The van der Waals surface area contributed by atoms with Crippen LogP contribution in [0.15, 0.2) is 27.2 Å². The fourth-order valence-electron chi connectivity index (χ4n) is 1.58. The largest absolute Gasteiger partial charge is 0.398 e. The predicted molar refractivity (Wildman–Crippen MR) is 75.0 cm³/mol. The second-order valence-corrected chi connectivity index (χ2v) is 6.34. The van der Waals surface area contributed by atoms with Crippen LogP contribution in [-0.4, -0.2) is 10.1 Å². The molecule has 0 amide bonds. The van der Waals surface area contributed by atoms with E-state index in [4.69, 9.17) is 10.3 Å². The molecule has 0 unspecified atom stereocenters. The fraction of sp³-hybridized carbons (Fsp3) is 0.385. The monoisotopic (exact) mass is 309 g/mol. The normalized spacial score (nSPS) is 11.8. The second kappa shape index (κ2) is 4.72. The minimum Gasteiger partial charge on any atom is -0.398 e. The summed E-state index contributed by atoms with van der Waals surface area (Å²) >= 11 is 3.38. The van der Waals surface area contributed by atoms with Gasteiger partial charge in [-0.1, -0.05) is 25.9 Å². The molecule has 4 nitrogen and oxygen atoms in total. The third-order valence-electron chi connectivity index (χ3n) is 2.40. The number of benzene rings is 1. The summed E-state index contributed by atoms with van der Waals surface area (Å²) in [5.41, 5.74) is 7.44. The Labute approximate surface area is 115 Å². The van der Waals surface area contributed by atoms with Gasteiger partial charge in [0.15, 0.2) is 5.82 Å². The van der Waals surface area contributed by atoms with Crippen LogP contribution in [0.4, 0.5) is 5.69 Å². The molecule has 18 heavy (non-hydrogen) atoms. The molecule has 5 heteroatoms. The predicted octanol–water partition coefficient (Wildman–Crippen LogP) is 3.67. The molecule has 1 heterocycles. The molecule has 0 spiro atoms. The number of rotatable bonds is 2. The molecule has 0 radical (unpaired) electrons. The van der Waals surface area contributed by atoms with E-state index >= 15 is 0 Å². The third kappa shape index (κ3) is 3.10. The van der Waals surface area contributed by atoms with Crippen LogP contribution in [0, 0.1) is 5.41 Å². The zero-order chi connectivity index (χ0) is 13.3. The van der Waals surface area contributed by atoms with Crippen LogP contribution in [-0.2, 0) is 6.42 Å². The molecule has 0 bridgehead atoms. The minimum absolute atomic E-state index is 0.142. The lowest BCUT2D eigenvalue weighted by atomic mass is 9.92. The summed E-state index contributed by atoms with van der Waals surface area (Å²) < 4.78 is 6.10. The van der Waals surface area contributed by atoms with E-state index in [2.05, 4.69) is 46.8 Å². The van der Waals surface area contributed by atoms with E-state index in [1.54, 1.807) is 0 Å². The average molecular weight is 310 g/mol. The van der Waals surface area contributed by atoms with Crippen LogP contribution < -0.4 is 5.73 Å². The van der Waals surface area contributed by atoms with Crippen molar-refractivity contribution in [1.29, 1.82) is 0 Å². The Morgan fingerprint density at radius 1 is 1.33 bits per heavy atom. The fourth-order valence-corrected chi connectivity index (χ4v) is 1.96. The van der Waals surface area contributed by atoms with Gasteiger partial charge in [0.2, 0.25) is 0 Å². The van der Waals surface area contributed by atoms with Gasteiger partial charge in [-0.2, -0.15) is 4.98 Å². The molecule has 0 saturated carbocycles. The maximum Gasteiger partial charge on any atom is 0.257 e. The Kier molecular flexibility index (Phi) is 3.43. The number of nitrogens with zero attached hydrogens (tertiary/aromatic N) is 2. The molecule has 2 N–H and O–H groups in total. The van der Waals surface area contributed by atoms with E-state index in [1.807, 2.05) is 18.2 Å². The third-order valence-corrected chi connectivity index (χ3v) is 3.09. The number of nitrogens with two attached hydrogens (primary N) is 1. The molecule has 0 fully saturated rings. The molecule has 0 saturated heterocycles. The van der Waals surface area contributed by atoms with Gasteiger partial charge in [-0.15, -0.1) is 0 Å². The Bertz CT molecular complexity index is 558. The maximum absolute atomic E-state index is 5.74. The smallest absolute Gasteiger partial charge is 0.257 e. The number of hydrogen-bond acceptors (Lipinski definition) is 4. The summed E-state index contributed by atoms with van der Waals surface area (Å²) in [6, 6.07) is 5.56. The van der Waals surface area contributed by atoms with Gasteiger partial charge in [0, 0.05) is 22.1 Å². The van der Waals surface area contributed by atoms with Crippen LogP contribution >= 0.6 is 15.9 Å². The van der Waals surface area contributed by atoms with Crippen LogP contribution in [0.3, 0.4) is 0 Å². The van der Waals surface area contributed by atoms with Crippen molar-refractivity contribution in [2.24, 2.45) is 5.41 Å². The maximum atomic E-state index is 5.74. The highest BCUT2D eigenvalue weighted by molar-refractivity contribution is 9.10. The highest BCUT2D eigenvalue weighted by atomic mass is 79.9. The number of anilines is 1. The first-order valence-corrected chi connectivity index (χ1v) is 6.52. The number of nitrogen functional groups attached to an aromatic ring is 1. The summed E-state index contributed by atoms with van der Waals surface area (Å²) in [5.74, 6) is 1.25. The lowest BCUT2D eigenvalue weighted by molar-refractivity contribution is 0.374. The van der Waals surface area contributed by atoms with Gasteiger partial charge in [-0.3, -0.25) is 0 Å². The molecule has 1 aromatic carbocycles. The molecule has 0 aliphatic heterocycles. The van der Waals surface area contributed by atoms with E-state index in [1.165, 1.54) is 0 Å². The zero-order valence-electron chi connectivity index (χ0n) is 10.7. The van der Waals surface area contributed by atoms with E-state index in [0.29, 0.717) is 11.6 Å². The highest BCUT2D eigenvalue weighted by Gasteiger charge is 2.17. The van der Waals surface area contributed by atoms with Gasteiger partial charge in [0.25, 0.3) is 5.89 Å². The van der Waals surface area contributed by atoms with Gasteiger partial charge in [-0.25, -0.2) is 0 Å². The molecule has 96 valence electrons. The van der Waals surface area contributed by atoms with Crippen molar-refractivity contribution in [2.75, 3.05) is 5.73 Å². The molecule has 2 aromatic rings. The molecule has 0 aliphatic rings. The summed E-state index contributed by atoms with van der Waals surface area (Å²) in [6.45, 7) is 6.43. The van der Waals surface area contributed by atoms with Gasteiger partial charge >= 0.3 is 0 Å². The quantitative estimate of drug-likeness (QED) is 0.860. The van der Waals surface area contributed by atoms with Crippen LogP contribution in [0.2, 0.25) is 0 Å². The lowest BCUT2D eigenvalue weighted by Gasteiger charge is -2.14. The number of hydrogen-bond donors (Lipinski definition) is 1. The Morgan fingerprint density at radius 3 is 2.67 bits per heavy atom. The summed E-state index contributed by atoms with van der Waals surface area (Å²) in [6.07, 6.45) is 0.784. The molecule has 2 rings (SSSR count). The first kappa shape index (κ1) is 13.1. The van der Waals surface area contributed by atoms with E-state index in [9.17, 15) is 0 Å². The minimum atomic E-state index is 0.142. The van der Waals surface area contributed by atoms with Gasteiger partial charge in [-0.05, 0) is 39.5 Å². The van der Waals surface area contributed by atoms with Crippen molar-refractivity contribution in [3.05, 3.63) is 28.5 Å². The number of aromatic nitrogens is 2. The molecular weight excluding hydrogens is 294 g/mol. The van der Waals surface area contributed by atoms with E-state index in [-0.39, 0.29) is 5.41 Å². The number of halogens is 1. The van der Waals surface area contributed by atoms with Crippen molar-refractivity contribution < 1.29 is 4.52 Å². The summed E-state index contributed by atoms with van der Waals surface area (Å²) in [4.78, 5) is 4.40. The Morgan fingerprint density at radius 2 is 2.06 bits per heavy atom. The standard InChI is InChI=1S/C13H16BrN3O/c1-13(2,3)7-11-16-12(18-17-11)8-4-5-10(15)9(14)6-8/h4-6H,7,15H2,1-3H3. The molecular formula is C13H16BrN3O. The first-order valence-electron chi connectivity index (χ1n) is 5.73. The van der Waals surface area contributed by atoms with E-state index in [0.717, 1.165) is 22.3 Å². The topological polar surface area (TPSA) is 64.9 Å². The van der Waals surface area contributed by atoms with Crippen LogP contribution in [0.5, 0.6) is 0 Å². The average Bonchev–Trinajstić information content (AvgIpc) is 2.68. The van der Waals surface area contributed by atoms with Crippen molar-refractivity contribution in [2.45, 2.75) is 27.2 Å². The Balaban J connectivity index is 2.26. The van der Waals surface area contributed by atoms with Crippen LogP contribution in [0.25, 0.3) is 11.5 Å². The van der Waals surface area contributed by atoms with Crippen molar-refractivity contribution in [1.82, 2.24) is 10.1 Å². The SMILES string of the molecule is CC(C)(C)Cc1noc(-c2ccc(N)c(Br)c2)n1. The van der Waals surface area contributed by atoms with Gasteiger partial charge in [0.05, 0.1) is 0 Å². The van der Waals surface area contributed by atoms with E-state index < -0.39 is 0 Å². The zero-order valence-corrected chi connectivity index (χ0v) is 12.3. The first-order chi connectivity index (χ1) is 8.35. The Hall–Kier alpha value is -1.36. The molecule has 1 aromatic heterocycles. The van der Waals surface area contributed by atoms with Gasteiger partial charge < -0.3 is 10.3 Å². The molecule has 0 aliphatic carbocycles. The van der Waals surface area contributed by atoms with Crippen LogP contribution in [0.1, 0.15) is 26.6 Å². The summed E-state index contributed by atoms with van der Waals surface area (Å²) in [7, 11) is 0. The van der Waals surface area contributed by atoms with Crippen molar-refractivity contribution in [3.8, 4) is 11.5 Å². The second-order valence-electron chi connectivity index (χ2n) is 5.49.